The van der Waals surface area contributed by atoms with Crippen LogP contribution in [0, 0.1) is 0 Å². The molecule has 1 aliphatic carbocycles. The lowest BCUT2D eigenvalue weighted by Gasteiger charge is -2.24. The van der Waals surface area contributed by atoms with Crippen molar-refractivity contribution < 1.29 is 24.2 Å². The number of benzene rings is 3. The van der Waals surface area contributed by atoms with E-state index in [1.165, 1.54) is 4.90 Å². The van der Waals surface area contributed by atoms with Crippen molar-refractivity contribution in [3.05, 3.63) is 95.6 Å². The number of nitrogens with one attached hydrogen (secondary N) is 1. The molecule has 7 heteroatoms. The van der Waals surface area contributed by atoms with Crippen LogP contribution in [-0.2, 0) is 14.3 Å². The van der Waals surface area contributed by atoms with E-state index >= 15 is 0 Å². The fourth-order valence-corrected chi connectivity index (χ4v) is 4.56. The molecule has 35 heavy (non-hydrogen) atoms. The van der Waals surface area contributed by atoms with Gasteiger partial charge in [0, 0.05) is 12.5 Å². The summed E-state index contributed by atoms with van der Waals surface area (Å²) in [6, 6.07) is 24.7. The number of aliphatic carboxylic acids is 1. The van der Waals surface area contributed by atoms with Gasteiger partial charge in [-0.1, -0.05) is 78.9 Å². The Bertz CT molecular complexity index is 1170. The van der Waals surface area contributed by atoms with E-state index in [0.29, 0.717) is 0 Å². The first-order chi connectivity index (χ1) is 17.0. The zero-order valence-corrected chi connectivity index (χ0v) is 19.5. The number of carbonyl (C=O) groups is 3. The van der Waals surface area contributed by atoms with Gasteiger partial charge < -0.3 is 20.1 Å². The van der Waals surface area contributed by atoms with Gasteiger partial charge in [0.25, 0.3) is 0 Å². The van der Waals surface area contributed by atoms with Crippen LogP contribution in [0.4, 0.5) is 4.79 Å². The number of carboxylic acids is 1. The predicted molar refractivity (Wildman–Crippen MR) is 132 cm³/mol. The van der Waals surface area contributed by atoms with Crippen molar-refractivity contribution in [1.29, 1.82) is 0 Å². The van der Waals surface area contributed by atoms with Crippen LogP contribution < -0.4 is 5.32 Å². The predicted octanol–water partition coefficient (Wildman–Crippen LogP) is 4.59. The molecule has 1 atom stereocenters. The minimum Gasteiger partial charge on any atom is -0.480 e. The third-order valence-corrected chi connectivity index (χ3v) is 6.28. The molecule has 3 aromatic rings. The molecule has 180 valence electrons. The van der Waals surface area contributed by atoms with Crippen LogP contribution in [0.2, 0.25) is 0 Å². The van der Waals surface area contributed by atoms with Crippen LogP contribution in [0.15, 0.2) is 78.9 Å². The Morgan fingerprint density at radius 3 is 2.06 bits per heavy atom. The van der Waals surface area contributed by atoms with Gasteiger partial charge in [0.05, 0.1) is 12.5 Å². The van der Waals surface area contributed by atoms with Gasteiger partial charge in [-0.25, -0.2) is 4.79 Å². The molecule has 0 radical (unpaired) electrons. The van der Waals surface area contributed by atoms with Gasteiger partial charge in [-0.3, -0.25) is 9.59 Å². The number of ether oxygens (including phenoxy) is 1. The number of fused-ring (bicyclic) bond motifs is 3. The molecule has 7 nitrogen and oxygen atoms in total. The molecular formula is C28H28N2O5. The SMILES string of the molecule is CCN(CC(=O)O)C(=O)CC(NC(=O)OCC1c2ccccc2-c2ccccc21)c1ccccc1. The summed E-state index contributed by atoms with van der Waals surface area (Å²) < 4.78 is 5.66. The van der Waals surface area contributed by atoms with Gasteiger partial charge in [-0.05, 0) is 34.7 Å². The molecule has 0 heterocycles. The first-order valence-corrected chi connectivity index (χ1v) is 11.6. The number of hydrogen-bond acceptors (Lipinski definition) is 4. The molecule has 1 unspecified atom stereocenters. The summed E-state index contributed by atoms with van der Waals surface area (Å²) in [4.78, 5) is 38.0. The van der Waals surface area contributed by atoms with Crippen molar-refractivity contribution in [2.45, 2.75) is 25.3 Å². The van der Waals surface area contributed by atoms with E-state index in [9.17, 15) is 14.4 Å². The number of alkyl carbamates (subject to hydrolysis) is 1. The molecule has 2 amide bonds. The molecule has 3 aromatic carbocycles. The first-order valence-electron chi connectivity index (χ1n) is 11.6. The number of amides is 2. The maximum atomic E-state index is 12.9. The molecule has 0 aromatic heterocycles. The van der Waals surface area contributed by atoms with Gasteiger partial charge in [-0.2, -0.15) is 0 Å². The van der Waals surface area contributed by atoms with Crippen LogP contribution in [0.5, 0.6) is 0 Å². The summed E-state index contributed by atoms with van der Waals surface area (Å²) in [7, 11) is 0. The second-order valence-corrected chi connectivity index (χ2v) is 8.44. The third kappa shape index (κ3) is 5.51. The van der Waals surface area contributed by atoms with E-state index in [4.69, 9.17) is 9.84 Å². The lowest BCUT2D eigenvalue weighted by molar-refractivity contribution is -0.144. The summed E-state index contributed by atoms with van der Waals surface area (Å²) in [5.74, 6) is -1.51. The Labute approximate surface area is 204 Å². The molecule has 1 aliphatic rings. The smallest absolute Gasteiger partial charge is 0.407 e. The second kappa shape index (κ2) is 10.9. The van der Waals surface area contributed by atoms with Crippen molar-refractivity contribution in [2.75, 3.05) is 19.7 Å². The molecular weight excluding hydrogens is 444 g/mol. The lowest BCUT2D eigenvalue weighted by Crippen LogP contribution is -2.39. The van der Waals surface area contributed by atoms with Crippen LogP contribution in [-0.4, -0.2) is 47.7 Å². The second-order valence-electron chi connectivity index (χ2n) is 8.44. The van der Waals surface area contributed by atoms with E-state index < -0.39 is 18.1 Å². The van der Waals surface area contributed by atoms with Crippen molar-refractivity contribution >= 4 is 18.0 Å². The quantitative estimate of drug-likeness (QED) is 0.475. The highest BCUT2D eigenvalue weighted by atomic mass is 16.5. The third-order valence-electron chi connectivity index (χ3n) is 6.28. The molecule has 0 saturated heterocycles. The van der Waals surface area contributed by atoms with Gasteiger partial charge in [0.1, 0.15) is 13.2 Å². The van der Waals surface area contributed by atoms with Crippen molar-refractivity contribution in [1.82, 2.24) is 10.2 Å². The molecule has 0 spiro atoms. The van der Waals surface area contributed by atoms with Crippen LogP contribution in [0.25, 0.3) is 11.1 Å². The molecule has 0 bridgehead atoms. The fourth-order valence-electron chi connectivity index (χ4n) is 4.56. The minimum atomic E-state index is -1.08. The summed E-state index contributed by atoms with van der Waals surface area (Å²) in [6.07, 6.45) is -0.704. The monoisotopic (exact) mass is 472 g/mol. The van der Waals surface area contributed by atoms with E-state index in [2.05, 4.69) is 29.6 Å². The summed E-state index contributed by atoms with van der Waals surface area (Å²) >= 11 is 0. The zero-order valence-electron chi connectivity index (χ0n) is 19.5. The Balaban J connectivity index is 1.46. The molecule has 0 saturated carbocycles. The average Bonchev–Trinajstić information content (AvgIpc) is 3.19. The van der Waals surface area contributed by atoms with E-state index in [1.807, 2.05) is 54.6 Å². The summed E-state index contributed by atoms with van der Waals surface area (Å²) in [5, 5.41) is 11.9. The Morgan fingerprint density at radius 2 is 1.49 bits per heavy atom. The van der Waals surface area contributed by atoms with Crippen LogP contribution in [0.3, 0.4) is 0 Å². The minimum absolute atomic E-state index is 0.0730. The maximum absolute atomic E-state index is 12.9. The largest absolute Gasteiger partial charge is 0.480 e. The topological polar surface area (TPSA) is 95.9 Å². The number of nitrogens with zero attached hydrogens (tertiary/aromatic N) is 1. The van der Waals surface area contributed by atoms with Gasteiger partial charge in [-0.15, -0.1) is 0 Å². The van der Waals surface area contributed by atoms with Crippen molar-refractivity contribution in [3.63, 3.8) is 0 Å². The Morgan fingerprint density at radius 1 is 0.914 bits per heavy atom. The zero-order chi connectivity index (χ0) is 24.8. The van der Waals surface area contributed by atoms with E-state index in [0.717, 1.165) is 27.8 Å². The van der Waals surface area contributed by atoms with Gasteiger partial charge in [0.15, 0.2) is 0 Å². The molecule has 2 N–H and O–H groups in total. The highest BCUT2D eigenvalue weighted by molar-refractivity contribution is 5.82. The number of likely N-dealkylation sites (N-methyl/N-ethyl adjacent to an activating group) is 1. The van der Waals surface area contributed by atoms with Crippen molar-refractivity contribution in [2.24, 2.45) is 0 Å². The number of carboxylic acid groups (broad SMARTS) is 1. The van der Waals surface area contributed by atoms with E-state index in [-0.39, 0.29) is 37.9 Å². The Hall–Kier alpha value is -4.13. The fraction of sp³-hybridized carbons (Fsp3) is 0.250. The lowest BCUT2D eigenvalue weighted by atomic mass is 9.98. The molecule has 4 rings (SSSR count). The number of carbonyl (C=O) groups excluding carboxylic acids is 2. The normalized spacial score (nSPS) is 12.8. The standard InChI is InChI=1S/C28H28N2O5/c1-2-30(17-27(32)33)26(31)16-25(19-10-4-3-5-11-19)29-28(34)35-18-24-22-14-8-6-12-20(22)21-13-7-9-15-23(21)24/h3-15,24-25H,2,16-18H2,1H3,(H,29,34)(H,32,33). The summed E-state index contributed by atoms with van der Waals surface area (Å²) in [6.45, 7) is 1.76. The highest BCUT2D eigenvalue weighted by Crippen LogP contribution is 2.44. The molecule has 0 fully saturated rings. The van der Waals surface area contributed by atoms with Crippen LogP contribution in [0.1, 0.15) is 42.0 Å². The van der Waals surface area contributed by atoms with Crippen molar-refractivity contribution in [3.8, 4) is 11.1 Å². The van der Waals surface area contributed by atoms with Gasteiger partial charge in [0.2, 0.25) is 5.91 Å². The van der Waals surface area contributed by atoms with Gasteiger partial charge >= 0.3 is 12.1 Å². The molecule has 0 aliphatic heterocycles. The maximum Gasteiger partial charge on any atom is 0.407 e. The van der Waals surface area contributed by atoms with Crippen LogP contribution >= 0.6 is 0 Å². The van der Waals surface area contributed by atoms with E-state index in [1.54, 1.807) is 6.92 Å². The Kier molecular flexibility index (Phi) is 7.45. The average molecular weight is 473 g/mol. The first kappa shape index (κ1) is 24.0. The highest BCUT2D eigenvalue weighted by Gasteiger charge is 2.30. The number of rotatable bonds is 9. The summed E-state index contributed by atoms with van der Waals surface area (Å²) in [5.41, 5.74) is 5.25. The number of hydrogen-bond donors (Lipinski definition) is 2.